The Morgan fingerprint density at radius 2 is 2.19 bits per heavy atom. The zero-order valence-electron chi connectivity index (χ0n) is 8.99. The van der Waals surface area contributed by atoms with E-state index in [1.54, 1.807) is 13.0 Å². The van der Waals surface area contributed by atoms with E-state index < -0.39 is 13.0 Å². The summed E-state index contributed by atoms with van der Waals surface area (Å²) < 4.78 is 28.2. The van der Waals surface area contributed by atoms with Gasteiger partial charge in [0, 0.05) is 12.1 Å². The van der Waals surface area contributed by atoms with Crippen LogP contribution >= 0.6 is 0 Å². The highest BCUT2D eigenvalue weighted by molar-refractivity contribution is 5.09. The Morgan fingerprint density at radius 1 is 1.44 bits per heavy atom. The van der Waals surface area contributed by atoms with E-state index in [-0.39, 0.29) is 13.2 Å². The van der Waals surface area contributed by atoms with Gasteiger partial charge in [0.25, 0.3) is 6.43 Å². The van der Waals surface area contributed by atoms with Crippen LogP contribution in [0.1, 0.15) is 17.2 Å². The molecule has 1 aromatic heterocycles. The van der Waals surface area contributed by atoms with E-state index in [0.717, 1.165) is 5.69 Å². The molecule has 0 radical (unpaired) electrons. The van der Waals surface area contributed by atoms with Gasteiger partial charge in [-0.15, -0.1) is 0 Å². The van der Waals surface area contributed by atoms with Crippen LogP contribution in [0.2, 0.25) is 0 Å². The van der Waals surface area contributed by atoms with Gasteiger partial charge < -0.3 is 9.84 Å². The highest BCUT2D eigenvalue weighted by Gasteiger charge is 2.04. The van der Waals surface area contributed by atoms with Crippen molar-refractivity contribution in [1.29, 1.82) is 0 Å². The third-order valence-corrected chi connectivity index (χ3v) is 1.83. The number of alkyl halides is 2. The molecule has 0 aliphatic rings. The number of hydrogen-bond donors (Lipinski definition) is 1. The quantitative estimate of drug-likeness (QED) is 0.746. The molecule has 0 bridgehead atoms. The summed E-state index contributed by atoms with van der Waals surface area (Å²) in [5, 5.41) is 8.91. The molecule has 90 valence electrons. The van der Waals surface area contributed by atoms with Crippen molar-refractivity contribution in [3.05, 3.63) is 23.3 Å². The predicted molar refractivity (Wildman–Crippen MR) is 53.2 cm³/mol. The lowest BCUT2D eigenvalue weighted by atomic mass is 10.3. The van der Waals surface area contributed by atoms with Gasteiger partial charge in [-0.05, 0) is 13.0 Å². The van der Waals surface area contributed by atoms with Crippen LogP contribution in [0.3, 0.4) is 0 Å². The van der Waals surface area contributed by atoms with E-state index >= 15 is 0 Å². The summed E-state index contributed by atoms with van der Waals surface area (Å²) in [6, 6.07) is 1.67. The van der Waals surface area contributed by atoms with Gasteiger partial charge in [-0.2, -0.15) is 0 Å². The Hall–Kier alpha value is -1.14. The summed E-state index contributed by atoms with van der Waals surface area (Å²) in [4.78, 5) is 8.15. The molecule has 0 spiro atoms. The van der Waals surface area contributed by atoms with Gasteiger partial charge in [0.1, 0.15) is 12.4 Å². The number of halogens is 2. The Morgan fingerprint density at radius 3 is 2.81 bits per heavy atom. The van der Waals surface area contributed by atoms with E-state index in [1.165, 1.54) is 0 Å². The van der Waals surface area contributed by atoms with Crippen LogP contribution in [0.15, 0.2) is 6.07 Å². The molecule has 0 unspecified atom stereocenters. The lowest BCUT2D eigenvalue weighted by Crippen LogP contribution is -2.10. The molecule has 0 fully saturated rings. The molecular formula is C10H14F2N2O2. The predicted octanol–water partition coefficient (Wildman–Crippen LogP) is 1.10. The largest absolute Gasteiger partial charge is 0.390 e. The molecule has 0 aliphatic carbocycles. The Bertz CT molecular complexity index is 335. The molecule has 0 aromatic carbocycles. The van der Waals surface area contributed by atoms with Crippen LogP contribution in [-0.4, -0.2) is 34.7 Å². The second-order valence-corrected chi connectivity index (χ2v) is 3.29. The molecule has 0 aliphatic heterocycles. The number of aliphatic hydroxyl groups is 1. The number of ether oxygens (including phenoxy) is 1. The maximum atomic E-state index is 11.8. The first-order valence-electron chi connectivity index (χ1n) is 4.92. The second kappa shape index (κ2) is 6.44. The minimum absolute atomic E-state index is 0.151. The maximum absolute atomic E-state index is 11.8. The Kier molecular flexibility index (Phi) is 5.21. The van der Waals surface area contributed by atoms with Crippen LogP contribution < -0.4 is 0 Å². The minimum atomic E-state index is -2.45. The van der Waals surface area contributed by atoms with Crippen molar-refractivity contribution < 1.29 is 18.6 Å². The smallest absolute Gasteiger partial charge is 0.261 e. The summed E-state index contributed by atoms with van der Waals surface area (Å²) in [5.41, 5.74) is 1.26. The van der Waals surface area contributed by atoms with Crippen molar-refractivity contribution in [2.24, 2.45) is 0 Å². The molecule has 1 heterocycles. The molecule has 6 heteroatoms. The second-order valence-electron chi connectivity index (χ2n) is 3.29. The number of aliphatic hydroxyl groups excluding tert-OH is 1. The van der Waals surface area contributed by atoms with Crippen molar-refractivity contribution in [2.75, 3.05) is 13.2 Å². The lowest BCUT2D eigenvalue weighted by molar-refractivity contribution is 0.0182. The van der Waals surface area contributed by atoms with Gasteiger partial charge in [-0.3, -0.25) is 0 Å². The van der Waals surface area contributed by atoms with E-state index in [9.17, 15) is 8.78 Å². The summed E-state index contributed by atoms with van der Waals surface area (Å²) in [6.45, 7) is 1.20. The first kappa shape index (κ1) is 12.9. The van der Waals surface area contributed by atoms with Gasteiger partial charge in [-0.1, -0.05) is 0 Å². The van der Waals surface area contributed by atoms with Crippen molar-refractivity contribution in [3.8, 4) is 0 Å². The van der Waals surface area contributed by atoms with E-state index in [4.69, 9.17) is 9.84 Å². The van der Waals surface area contributed by atoms with Gasteiger partial charge in [0.05, 0.1) is 18.9 Å². The normalized spacial score (nSPS) is 11.1. The average Bonchev–Trinajstić information content (AvgIpc) is 2.23. The fourth-order valence-corrected chi connectivity index (χ4v) is 1.23. The molecule has 0 saturated carbocycles. The number of hydrogen-bond acceptors (Lipinski definition) is 4. The number of aromatic nitrogens is 2. The topological polar surface area (TPSA) is 55.2 Å². The van der Waals surface area contributed by atoms with Gasteiger partial charge in [0.2, 0.25) is 0 Å². The number of nitrogens with zero attached hydrogens (tertiary/aromatic N) is 2. The molecule has 4 nitrogen and oxygen atoms in total. The summed E-state index contributed by atoms with van der Waals surface area (Å²) in [6.07, 6.45) is -2.09. The first-order valence-corrected chi connectivity index (χ1v) is 4.92. The zero-order chi connectivity index (χ0) is 12.0. The van der Waals surface area contributed by atoms with Gasteiger partial charge in [-0.25, -0.2) is 18.7 Å². The van der Waals surface area contributed by atoms with E-state index in [1.807, 2.05) is 0 Å². The summed E-state index contributed by atoms with van der Waals surface area (Å²) in [7, 11) is 0. The third kappa shape index (κ3) is 4.59. The molecule has 1 aromatic rings. The molecule has 0 saturated heterocycles. The van der Waals surface area contributed by atoms with Crippen molar-refractivity contribution in [3.63, 3.8) is 0 Å². The fourth-order valence-electron chi connectivity index (χ4n) is 1.23. The minimum Gasteiger partial charge on any atom is -0.390 e. The molecule has 1 N–H and O–H groups in total. The molecule has 0 amide bonds. The van der Waals surface area contributed by atoms with Crippen molar-refractivity contribution in [2.45, 2.75) is 26.4 Å². The van der Waals surface area contributed by atoms with Crippen LogP contribution in [0.4, 0.5) is 8.78 Å². The molecule has 16 heavy (non-hydrogen) atoms. The molecule has 1 rings (SSSR count). The Balaban J connectivity index is 2.44. The van der Waals surface area contributed by atoms with Crippen LogP contribution in [0.5, 0.6) is 0 Å². The Labute approximate surface area is 92.3 Å². The van der Waals surface area contributed by atoms with E-state index in [0.29, 0.717) is 17.9 Å². The van der Waals surface area contributed by atoms with Gasteiger partial charge >= 0.3 is 0 Å². The monoisotopic (exact) mass is 232 g/mol. The first-order chi connectivity index (χ1) is 7.61. The number of aryl methyl sites for hydroxylation is 1. The lowest BCUT2D eigenvalue weighted by Gasteiger charge is -2.05. The maximum Gasteiger partial charge on any atom is 0.261 e. The highest BCUT2D eigenvalue weighted by Crippen LogP contribution is 2.02. The van der Waals surface area contributed by atoms with Gasteiger partial charge in [0.15, 0.2) is 0 Å². The molecule has 0 atom stereocenters. The highest BCUT2D eigenvalue weighted by atomic mass is 19.3. The molecular weight excluding hydrogens is 218 g/mol. The summed E-state index contributed by atoms with van der Waals surface area (Å²) in [5.74, 6) is 0.498. The number of rotatable bonds is 6. The summed E-state index contributed by atoms with van der Waals surface area (Å²) >= 11 is 0. The van der Waals surface area contributed by atoms with Crippen LogP contribution in [-0.2, 0) is 17.8 Å². The fraction of sp³-hybridized carbons (Fsp3) is 0.600. The SMILES string of the molecule is Cc1cc(CO)nc(CCOCC(F)F)n1. The third-order valence-electron chi connectivity index (χ3n) is 1.83. The van der Waals surface area contributed by atoms with Crippen molar-refractivity contribution in [1.82, 2.24) is 9.97 Å². The van der Waals surface area contributed by atoms with Crippen LogP contribution in [0.25, 0.3) is 0 Å². The standard InChI is InChI=1S/C10H14F2N2O2/c1-7-4-8(5-15)14-10(13-7)2-3-16-6-9(11)12/h4,9,15H,2-3,5-6H2,1H3. The van der Waals surface area contributed by atoms with Crippen molar-refractivity contribution >= 4 is 0 Å². The zero-order valence-corrected chi connectivity index (χ0v) is 8.99. The van der Waals surface area contributed by atoms with Crippen LogP contribution in [0, 0.1) is 6.92 Å². The average molecular weight is 232 g/mol. The van der Waals surface area contributed by atoms with E-state index in [2.05, 4.69) is 9.97 Å².